The molecule has 12 aromatic rings. The van der Waals surface area contributed by atoms with Crippen LogP contribution >= 0.6 is 0 Å². The molecule has 146 heavy (non-hydrogen) atoms. The summed E-state index contributed by atoms with van der Waals surface area (Å²) in [5, 5.41) is 61.6. The van der Waals surface area contributed by atoms with Crippen LogP contribution in [0.2, 0.25) is 0 Å². The summed E-state index contributed by atoms with van der Waals surface area (Å²) >= 11 is 0. The van der Waals surface area contributed by atoms with E-state index in [4.69, 9.17) is 28.8 Å². The minimum atomic E-state index is -0.789. The maximum absolute atomic E-state index is 13.6. The molecule has 0 aliphatic carbocycles. The van der Waals surface area contributed by atoms with Crippen LogP contribution in [0.25, 0.3) is 0 Å². The van der Waals surface area contributed by atoms with Crippen molar-refractivity contribution >= 4 is 47.3 Å². The molecule has 0 unspecified atom stereocenters. The fourth-order valence-corrected chi connectivity index (χ4v) is 14.2. The van der Waals surface area contributed by atoms with Crippen molar-refractivity contribution in [1.29, 1.82) is 0 Å². The van der Waals surface area contributed by atoms with Gasteiger partial charge >= 0.3 is 0 Å². The molecular weight excluding hydrogens is 1900 g/mol. The Hall–Kier alpha value is -17.6. The molecule has 46 heteroatoms. The van der Waals surface area contributed by atoms with E-state index in [1.54, 1.807) is 0 Å². The second-order valence-electron chi connectivity index (χ2n) is 32.1. The van der Waals surface area contributed by atoms with E-state index >= 15 is 0 Å². The fourth-order valence-electron chi connectivity index (χ4n) is 14.2. The SMILES string of the molecule is O=C(NCCN(CCNC(=O)c1cccc(=O)n1O)CCOCCN(CCNC(=O)c1cccc(=O)n1O)CCNC(=O)c1cccc(=O)n1O)c1cccc(=O)n1O.O=C(NCCN(CCNC(=O)c1cccc(=O)n1OCc1ccccc1)CCOCCN(CCNC(=O)c1cccc(=O)n1OCc1ccccc1)CCNC(=O)c1cccc(=O)n1OCc1ccccc1)c1cccc(=O)n1OCc1ccccc1. The van der Waals surface area contributed by atoms with E-state index < -0.39 is 91.7 Å². The van der Waals surface area contributed by atoms with Gasteiger partial charge in [-0.2, -0.15) is 0 Å². The van der Waals surface area contributed by atoms with Gasteiger partial charge in [0.25, 0.3) is 91.7 Å². The molecule has 0 fully saturated rings. The van der Waals surface area contributed by atoms with Crippen LogP contribution in [0, 0.1) is 0 Å². The van der Waals surface area contributed by atoms with E-state index in [1.807, 2.05) is 141 Å². The third kappa shape index (κ3) is 33.8. The number of benzene rings is 4. The average Bonchev–Trinajstić information content (AvgIpc) is 0.831. The lowest BCUT2D eigenvalue weighted by molar-refractivity contribution is 0.0690. The van der Waals surface area contributed by atoms with Crippen molar-refractivity contribution in [2.45, 2.75) is 26.4 Å². The van der Waals surface area contributed by atoms with Gasteiger partial charge in [-0.3, -0.25) is 96.3 Å². The van der Waals surface area contributed by atoms with Crippen LogP contribution in [0.15, 0.2) is 305 Å². The summed E-state index contributed by atoms with van der Waals surface area (Å²) in [6, 6.07) is 68.5. The maximum atomic E-state index is 13.6. The van der Waals surface area contributed by atoms with Gasteiger partial charge in [0.15, 0.2) is 0 Å². The van der Waals surface area contributed by atoms with Crippen LogP contribution < -0.4 is 106 Å². The van der Waals surface area contributed by atoms with Crippen molar-refractivity contribution in [3.63, 3.8) is 0 Å². The molecule has 0 atom stereocenters. The second kappa shape index (κ2) is 57.3. The number of nitrogens with zero attached hydrogens (tertiary/aromatic N) is 12. The molecule has 0 aliphatic rings. The Bertz CT molecular complexity index is 6080. The number of carbonyl (C=O) groups is 8. The number of hydrogen-bond acceptors (Lipinski definition) is 30. The van der Waals surface area contributed by atoms with Crippen molar-refractivity contribution in [3.05, 3.63) is 418 Å². The maximum Gasteiger partial charge on any atom is 0.283 e. The monoisotopic (exact) mass is 2010 g/mol. The first-order valence-corrected chi connectivity index (χ1v) is 46.3. The number of nitrogens with one attached hydrogen (secondary N) is 8. The number of pyridine rings is 8. The molecule has 46 nitrogen and oxygen atoms in total. The van der Waals surface area contributed by atoms with Crippen molar-refractivity contribution in [3.8, 4) is 0 Å². The predicted molar refractivity (Wildman–Crippen MR) is 527 cm³/mol. The Morgan fingerprint density at radius 2 is 0.356 bits per heavy atom. The van der Waals surface area contributed by atoms with Crippen molar-refractivity contribution in [2.75, 3.05) is 157 Å². The van der Waals surface area contributed by atoms with Gasteiger partial charge in [0.2, 0.25) is 0 Å². The van der Waals surface area contributed by atoms with Gasteiger partial charge in [-0.05, 0) is 70.8 Å². The Morgan fingerprint density at radius 3 is 0.534 bits per heavy atom. The largest absolute Gasteiger partial charge is 0.425 e. The molecule has 8 amide bonds. The first-order chi connectivity index (χ1) is 70.8. The van der Waals surface area contributed by atoms with Crippen LogP contribution in [0.4, 0.5) is 0 Å². The third-order valence-electron chi connectivity index (χ3n) is 22.0. The highest BCUT2D eigenvalue weighted by molar-refractivity contribution is 5.96. The number of ether oxygens (including phenoxy) is 2. The van der Waals surface area contributed by atoms with E-state index in [9.17, 15) is 97.5 Å². The fraction of sp³-hybridized carbons (Fsp3) is 0.280. The van der Waals surface area contributed by atoms with E-state index in [1.165, 1.54) is 121 Å². The highest BCUT2D eigenvalue weighted by Crippen LogP contribution is 2.10. The van der Waals surface area contributed by atoms with Crippen molar-refractivity contribution in [1.82, 2.24) is 100.0 Å². The molecule has 12 rings (SSSR count). The summed E-state index contributed by atoms with van der Waals surface area (Å²) in [6.45, 7) is 4.70. The summed E-state index contributed by atoms with van der Waals surface area (Å²) < 4.78 is 16.8. The molecule has 4 aromatic carbocycles. The van der Waals surface area contributed by atoms with Gasteiger partial charge in [-0.15, -0.1) is 37.8 Å². The average molecular weight is 2010 g/mol. The number of hydrogen-bond donors (Lipinski definition) is 12. The molecule has 0 bridgehead atoms. The number of amides is 8. The predicted octanol–water partition coefficient (Wildman–Crippen LogP) is -0.588. The van der Waals surface area contributed by atoms with Gasteiger partial charge in [-0.1, -0.05) is 170 Å². The van der Waals surface area contributed by atoms with Gasteiger partial charge in [0.05, 0.1) is 26.4 Å². The Kier molecular flexibility index (Phi) is 42.7. The lowest BCUT2D eigenvalue weighted by Crippen LogP contribution is -2.43. The zero-order chi connectivity index (χ0) is 104. The summed E-state index contributed by atoms with van der Waals surface area (Å²) in [5.74, 6) is -5.07. The molecule has 768 valence electrons. The molecule has 8 aromatic heterocycles. The zero-order valence-corrected chi connectivity index (χ0v) is 79.3. The normalized spacial score (nSPS) is 11.0. The zero-order valence-electron chi connectivity index (χ0n) is 79.3. The summed E-state index contributed by atoms with van der Waals surface area (Å²) in [5.41, 5.74) is -3.18. The van der Waals surface area contributed by atoms with Gasteiger partial charge in [0.1, 0.15) is 72.0 Å². The Labute approximate surface area is 832 Å². The highest BCUT2D eigenvalue weighted by Gasteiger charge is 2.24. The van der Waals surface area contributed by atoms with Crippen LogP contribution in [0.1, 0.15) is 106 Å². The van der Waals surface area contributed by atoms with E-state index in [2.05, 4.69) is 42.5 Å². The number of carbonyl (C=O) groups excluding carboxylic acids is 8. The lowest BCUT2D eigenvalue weighted by atomic mass is 10.2. The van der Waals surface area contributed by atoms with E-state index in [-0.39, 0.29) is 235 Å². The van der Waals surface area contributed by atoms with Gasteiger partial charge in [0, 0.05) is 179 Å². The molecule has 0 spiro atoms. The summed E-state index contributed by atoms with van der Waals surface area (Å²) in [6.07, 6.45) is 0. The van der Waals surface area contributed by atoms with Crippen LogP contribution in [-0.2, 0) is 35.9 Å². The molecular formula is C100H112N20O26. The highest BCUT2D eigenvalue weighted by atomic mass is 16.7. The first kappa shape index (κ1) is 109. The molecule has 0 saturated heterocycles. The molecule has 0 radical (unpaired) electrons. The lowest BCUT2D eigenvalue weighted by Gasteiger charge is -2.25. The Balaban J connectivity index is 0.000000300. The smallest absolute Gasteiger partial charge is 0.283 e. The number of aromatic nitrogens is 8. The summed E-state index contributed by atoms with van der Waals surface area (Å²) in [7, 11) is 0. The van der Waals surface area contributed by atoms with Crippen LogP contribution in [0.3, 0.4) is 0 Å². The topological polar surface area (TPSA) is 558 Å². The van der Waals surface area contributed by atoms with E-state index in [0.717, 1.165) is 65.4 Å². The second-order valence-corrected chi connectivity index (χ2v) is 32.1. The Morgan fingerprint density at radius 1 is 0.199 bits per heavy atom. The summed E-state index contributed by atoms with van der Waals surface area (Å²) in [4.78, 5) is 234. The minimum absolute atomic E-state index is 0.00559. The molecule has 12 N–H and O–H groups in total. The standard InChI is InChI=1S/C64H68N10O13.C36H44N10O13/c75-57-29-13-25-53(71(57)84-45-49-17-5-1-6-18-49)61(79)65-33-37-69(38-34-66-62(80)54-26-14-30-58(76)72(54)85-46-50-19-7-2-8-20-50)41-43-83-44-42-70(39-35-67-63(81)55-27-15-31-59(77)73(55)86-47-51-21-9-3-10-22-51)40-36-68-64(82)56-28-16-32-60(78)74(56)87-48-52-23-11-4-12-24-52;47-29-9-1-5-25(43(29)55)33(51)37-13-17-41(18-14-38-34(52)26-6-2-10-30(48)44(26)56)21-23-59-24-22-42(19-15-39-35(53)27-7-3-11-31(49)45(27)57)20-16-40-36(54)28-8-4-12-32(50)46(28)58/h1-32H,33-48H2,(H,65,79)(H,66,80)(H,67,81)(H,68,82);1-12,55-58H,13-24H2,(H,37,51)(H,38,52)(H,39,53)(H,40,54). The van der Waals surface area contributed by atoms with Crippen LogP contribution in [-0.4, -0.2) is 283 Å². The van der Waals surface area contributed by atoms with E-state index in [0.29, 0.717) is 13.1 Å². The quantitative estimate of drug-likeness (QED) is 0.0167. The molecule has 0 aliphatic heterocycles. The van der Waals surface area contributed by atoms with Crippen molar-refractivity contribution in [2.24, 2.45) is 0 Å². The van der Waals surface area contributed by atoms with Crippen LogP contribution in [0.5, 0.6) is 0 Å². The van der Waals surface area contributed by atoms with Gasteiger partial charge < -0.3 is 92.2 Å². The molecule has 8 heterocycles. The first-order valence-electron chi connectivity index (χ1n) is 46.3. The third-order valence-corrected chi connectivity index (χ3v) is 22.0. The number of rotatable bonds is 56. The van der Waals surface area contributed by atoms with Crippen molar-refractivity contribution < 1.29 is 88.0 Å². The minimum Gasteiger partial charge on any atom is -0.425 e. The molecule has 0 saturated carbocycles. The van der Waals surface area contributed by atoms with Gasteiger partial charge in [-0.25, -0.2) is 0 Å².